The van der Waals surface area contributed by atoms with E-state index in [4.69, 9.17) is 61.3 Å². The lowest BCUT2D eigenvalue weighted by Crippen LogP contribution is -2.10. The van der Waals surface area contributed by atoms with E-state index in [-0.39, 0.29) is 24.9 Å². The second-order valence-corrected chi connectivity index (χ2v) is 11.2. The summed E-state index contributed by atoms with van der Waals surface area (Å²) < 4.78 is 65.5. The Kier molecular flexibility index (Phi) is 23.4. The number of benzene rings is 2. The van der Waals surface area contributed by atoms with Gasteiger partial charge in [0.25, 0.3) is 20.2 Å². The highest BCUT2D eigenvalue weighted by Gasteiger charge is 2.01. The average Bonchev–Trinajstić information content (AvgIpc) is 2.92. The third-order valence-electron chi connectivity index (χ3n) is 4.46. The molecule has 0 bridgehead atoms. The lowest BCUT2D eigenvalue weighted by Gasteiger charge is -2.08. The number of amidine groups is 2. The number of nitrogens with one attached hydrogen (secondary N) is 2. The molecule has 16 nitrogen and oxygen atoms in total. The minimum Gasteiger partial charge on any atom is -0.494 e. The van der Waals surface area contributed by atoms with E-state index in [1.54, 1.807) is 24.3 Å². The fraction of sp³-hybridized carbons (Fsp3) is 0.440. The van der Waals surface area contributed by atoms with E-state index in [1.807, 2.05) is 24.3 Å². The van der Waals surface area contributed by atoms with Gasteiger partial charge in [-0.25, -0.2) is 0 Å². The number of nitrogens with two attached hydrogens (primary N) is 2. The smallest absolute Gasteiger partial charge is 0.267 e. The second kappa shape index (κ2) is 24.1. The Bertz CT molecular complexity index is 1140. The van der Waals surface area contributed by atoms with Crippen molar-refractivity contribution in [1.82, 2.24) is 0 Å². The quantitative estimate of drug-likeness (QED) is 0.0505. The van der Waals surface area contributed by atoms with Gasteiger partial charge in [-0.1, -0.05) is 0 Å². The standard InChI is InChI=1S/C19H24N4O2.2C2H6O4S.C2H6O2/c20-18(21)14-4-8-16(9-5-14)24-12-2-1-3-13-25-17-10-6-15(7-11-17)19(22)23;2*3-1-2-7(4,5)6;3-1-2-4/h4-11H,1-3,12-13H2,(H3,20,21)(H3,22,23);2*3H,1-2H2,(H,4,5,6);3-4H,1-2H2. The zero-order chi connectivity index (χ0) is 33.3. The van der Waals surface area contributed by atoms with Crippen molar-refractivity contribution in [3.63, 3.8) is 0 Å². The predicted octanol–water partition coefficient (Wildman–Crippen LogP) is -0.413. The second-order valence-electron chi connectivity index (χ2n) is 8.10. The van der Waals surface area contributed by atoms with Crippen molar-refractivity contribution in [2.45, 2.75) is 19.3 Å². The first-order chi connectivity index (χ1) is 20.1. The molecule has 0 fully saturated rings. The highest BCUT2D eigenvalue weighted by Crippen LogP contribution is 2.14. The van der Waals surface area contributed by atoms with Crippen LogP contribution in [0.5, 0.6) is 11.5 Å². The van der Waals surface area contributed by atoms with Crippen LogP contribution in [0.1, 0.15) is 30.4 Å². The summed E-state index contributed by atoms with van der Waals surface area (Å²) in [6.45, 7) is -0.0167. The van der Waals surface area contributed by atoms with Crippen molar-refractivity contribution in [3.05, 3.63) is 59.7 Å². The van der Waals surface area contributed by atoms with Crippen LogP contribution in [0.25, 0.3) is 0 Å². The minimum absolute atomic E-state index is 0.0579. The highest BCUT2D eigenvalue weighted by atomic mass is 32.2. The molecule has 2 aromatic carbocycles. The van der Waals surface area contributed by atoms with Gasteiger partial charge in [-0.3, -0.25) is 19.9 Å². The van der Waals surface area contributed by atoms with E-state index in [0.29, 0.717) is 24.3 Å². The summed E-state index contributed by atoms with van der Waals surface area (Å²) in [6, 6.07) is 14.4. The number of aliphatic hydroxyl groups excluding tert-OH is 4. The molecule has 0 radical (unpaired) electrons. The van der Waals surface area contributed by atoms with Crippen LogP contribution in [-0.2, 0) is 20.2 Å². The fourth-order valence-corrected chi connectivity index (χ4v) is 2.91. The van der Waals surface area contributed by atoms with E-state index < -0.39 is 45.0 Å². The zero-order valence-corrected chi connectivity index (χ0v) is 25.1. The van der Waals surface area contributed by atoms with E-state index in [9.17, 15) is 16.8 Å². The van der Waals surface area contributed by atoms with E-state index in [1.165, 1.54) is 0 Å². The summed E-state index contributed by atoms with van der Waals surface area (Å²) >= 11 is 0. The molecular formula is C25H42N4O12S2. The fourth-order valence-electron chi connectivity index (χ4n) is 2.45. The van der Waals surface area contributed by atoms with Gasteiger partial charge in [0, 0.05) is 11.1 Å². The van der Waals surface area contributed by atoms with Gasteiger partial charge in [-0.2, -0.15) is 16.8 Å². The van der Waals surface area contributed by atoms with Crippen LogP contribution in [0, 0.1) is 10.8 Å². The summed E-state index contributed by atoms with van der Waals surface area (Å²) in [7, 11) is -7.85. The molecule has 0 aliphatic rings. The molecule has 12 N–H and O–H groups in total. The third-order valence-corrected chi connectivity index (χ3v) is 5.85. The summed E-state index contributed by atoms with van der Waals surface area (Å²) in [5.41, 5.74) is 12.2. The van der Waals surface area contributed by atoms with Crippen molar-refractivity contribution in [2.75, 3.05) is 51.1 Å². The molecule has 0 unspecified atom stereocenters. The van der Waals surface area contributed by atoms with Crippen LogP contribution >= 0.6 is 0 Å². The first-order valence-electron chi connectivity index (χ1n) is 12.6. The summed E-state index contributed by atoms with van der Waals surface area (Å²) in [5, 5.41) is 45.7. The Balaban J connectivity index is 0. The molecule has 0 aromatic heterocycles. The summed E-state index contributed by atoms with van der Waals surface area (Å²) in [5.74, 6) is 0.531. The molecular weight excluding hydrogens is 612 g/mol. The van der Waals surface area contributed by atoms with Crippen LogP contribution in [-0.4, -0.2) is 109 Å². The van der Waals surface area contributed by atoms with E-state index in [0.717, 1.165) is 30.8 Å². The molecule has 2 rings (SSSR count). The van der Waals surface area contributed by atoms with Gasteiger partial charge in [0.2, 0.25) is 0 Å². The maximum atomic E-state index is 9.63. The molecule has 18 heteroatoms. The number of hydrogen-bond donors (Lipinski definition) is 10. The molecule has 0 heterocycles. The normalized spacial score (nSPS) is 10.5. The first-order valence-corrected chi connectivity index (χ1v) is 15.8. The van der Waals surface area contributed by atoms with Crippen LogP contribution in [0.15, 0.2) is 48.5 Å². The van der Waals surface area contributed by atoms with Gasteiger partial charge >= 0.3 is 0 Å². The Hall–Kier alpha value is -3.36. The molecule has 0 aliphatic carbocycles. The molecule has 0 aliphatic heterocycles. The lowest BCUT2D eigenvalue weighted by atomic mass is 10.2. The van der Waals surface area contributed by atoms with Gasteiger partial charge in [-0.05, 0) is 67.8 Å². The van der Waals surface area contributed by atoms with Gasteiger partial charge in [0.05, 0.1) is 51.1 Å². The molecule has 246 valence electrons. The molecule has 43 heavy (non-hydrogen) atoms. The predicted molar refractivity (Wildman–Crippen MR) is 161 cm³/mol. The van der Waals surface area contributed by atoms with Crippen LogP contribution < -0.4 is 20.9 Å². The molecule has 0 amide bonds. The first kappa shape index (κ1) is 41.8. The molecule has 0 saturated carbocycles. The topological polar surface area (TPSA) is 308 Å². The van der Waals surface area contributed by atoms with Gasteiger partial charge in [0.1, 0.15) is 23.2 Å². The Morgan fingerprint density at radius 3 is 1.07 bits per heavy atom. The van der Waals surface area contributed by atoms with Crippen molar-refractivity contribution >= 4 is 31.9 Å². The molecule has 0 saturated heterocycles. The lowest BCUT2D eigenvalue weighted by molar-refractivity contribution is 0.186. The minimum atomic E-state index is -3.92. The van der Waals surface area contributed by atoms with Gasteiger partial charge < -0.3 is 41.4 Å². The summed E-state index contributed by atoms with van der Waals surface area (Å²) in [4.78, 5) is 0. The maximum Gasteiger partial charge on any atom is 0.267 e. The van der Waals surface area contributed by atoms with Crippen molar-refractivity contribution < 1.29 is 55.8 Å². The number of hydrogen-bond acceptors (Lipinski definition) is 12. The van der Waals surface area contributed by atoms with Crippen LogP contribution in [0.2, 0.25) is 0 Å². The maximum absolute atomic E-state index is 9.63. The molecule has 2 aromatic rings. The monoisotopic (exact) mass is 654 g/mol. The van der Waals surface area contributed by atoms with Gasteiger partial charge in [-0.15, -0.1) is 0 Å². The van der Waals surface area contributed by atoms with Crippen molar-refractivity contribution in [3.8, 4) is 11.5 Å². The SMILES string of the molecule is N=C(N)c1ccc(OCCCCCOc2ccc(C(=N)N)cc2)cc1.O=S(=O)(O)CCO.O=S(=O)(O)CCO.OCCO. The van der Waals surface area contributed by atoms with Crippen LogP contribution in [0.4, 0.5) is 0 Å². The zero-order valence-electron chi connectivity index (χ0n) is 23.5. The Labute approximate surface area is 251 Å². The molecule has 0 atom stereocenters. The van der Waals surface area contributed by atoms with Gasteiger partial charge in [0.15, 0.2) is 0 Å². The Morgan fingerprint density at radius 2 is 0.884 bits per heavy atom. The van der Waals surface area contributed by atoms with E-state index >= 15 is 0 Å². The largest absolute Gasteiger partial charge is 0.494 e. The highest BCUT2D eigenvalue weighted by molar-refractivity contribution is 7.86. The number of ether oxygens (including phenoxy) is 2. The average molecular weight is 655 g/mol. The number of rotatable bonds is 15. The number of aliphatic hydroxyl groups is 4. The van der Waals surface area contributed by atoms with Crippen LogP contribution in [0.3, 0.4) is 0 Å². The molecule has 0 spiro atoms. The Morgan fingerprint density at radius 1 is 0.581 bits per heavy atom. The number of unbranched alkanes of at least 4 members (excludes halogenated alkanes) is 2. The van der Waals surface area contributed by atoms with Crippen molar-refractivity contribution in [2.24, 2.45) is 11.5 Å². The summed E-state index contributed by atoms with van der Waals surface area (Å²) in [6.07, 6.45) is 2.90. The number of nitrogen functional groups attached to an aromatic ring is 2. The van der Waals surface area contributed by atoms with Crippen molar-refractivity contribution in [1.29, 1.82) is 10.8 Å². The van der Waals surface area contributed by atoms with E-state index in [2.05, 4.69) is 0 Å². The third kappa shape index (κ3) is 27.2.